The molecule has 0 aliphatic rings. The number of halogens is 1. The first-order chi connectivity index (χ1) is 11.5. The molecule has 0 saturated carbocycles. The minimum Gasteiger partial charge on any atom is -0.354 e. The minimum atomic E-state index is -0.0785. The molecule has 0 heterocycles. The standard InChI is InChI=1S/C19H21ClN2O2/c1-14-4-3-5-16(12-14)13-19(24)21-10-11-22(15(2)23)18-8-6-17(20)7-9-18/h3-9,12H,10-11,13H2,1-2H3,(H,21,24). The van der Waals surface area contributed by atoms with Gasteiger partial charge in [0.25, 0.3) is 0 Å². The summed E-state index contributed by atoms with van der Waals surface area (Å²) in [7, 11) is 0. The van der Waals surface area contributed by atoms with Gasteiger partial charge in [-0.25, -0.2) is 0 Å². The normalized spacial score (nSPS) is 10.3. The van der Waals surface area contributed by atoms with E-state index in [4.69, 9.17) is 11.6 Å². The molecule has 5 heteroatoms. The van der Waals surface area contributed by atoms with E-state index >= 15 is 0 Å². The monoisotopic (exact) mass is 344 g/mol. The van der Waals surface area contributed by atoms with Gasteiger partial charge in [0.2, 0.25) is 11.8 Å². The van der Waals surface area contributed by atoms with Crippen molar-refractivity contribution in [1.82, 2.24) is 5.32 Å². The summed E-state index contributed by atoms with van der Waals surface area (Å²) >= 11 is 5.87. The summed E-state index contributed by atoms with van der Waals surface area (Å²) in [6, 6.07) is 14.9. The van der Waals surface area contributed by atoms with E-state index in [1.807, 2.05) is 31.2 Å². The summed E-state index contributed by atoms with van der Waals surface area (Å²) in [6.07, 6.45) is 0.336. The molecular formula is C19H21ClN2O2. The zero-order chi connectivity index (χ0) is 17.5. The van der Waals surface area contributed by atoms with Crippen LogP contribution in [0.25, 0.3) is 0 Å². The first-order valence-electron chi connectivity index (χ1n) is 7.81. The summed E-state index contributed by atoms with van der Waals surface area (Å²) < 4.78 is 0. The van der Waals surface area contributed by atoms with Gasteiger partial charge >= 0.3 is 0 Å². The fourth-order valence-corrected chi connectivity index (χ4v) is 2.59. The molecule has 0 aromatic heterocycles. The van der Waals surface area contributed by atoms with Crippen LogP contribution in [0.5, 0.6) is 0 Å². The second-order valence-corrected chi connectivity index (χ2v) is 6.10. The lowest BCUT2D eigenvalue weighted by Gasteiger charge is -2.21. The summed E-state index contributed by atoms with van der Waals surface area (Å²) in [5.41, 5.74) is 2.87. The Balaban J connectivity index is 1.87. The zero-order valence-corrected chi connectivity index (χ0v) is 14.6. The third-order valence-electron chi connectivity index (χ3n) is 3.62. The Labute approximate surface area is 147 Å². The maximum Gasteiger partial charge on any atom is 0.224 e. The van der Waals surface area contributed by atoms with Gasteiger partial charge in [-0.05, 0) is 36.8 Å². The third-order valence-corrected chi connectivity index (χ3v) is 3.88. The smallest absolute Gasteiger partial charge is 0.224 e. The summed E-state index contributed by atoms with van der Waals surface area (Å²) in [6.45, 7) is 4.31. The number of anilines is 1. The van der Waals surface area contributed by atoms with Gasteiger partial charge in [0.05, 0.1) is 6.42 Å². The minimum absolute atomic E-state index is 0.0554. The van der Waals surface area contributed by atoms with Crippen molar-refractivity contribution in [3.05, 3.63) is 64.7 Å². The van der Waals surface area contributed by atoms with Gasteiger partial charge in [-0.15, -0.1) is 0 Å². The number of carbonyl (C=O) groups excluding carboxylic acids is 2. The van der Waals surface area contributed by atoms with E-state index in [-0.39, 0.29) is 11.8 Å². The number of aryl methyl sites for hydroxylation is 1. The molecule has 0 atom stereocenters. The van der Waals surface area contributed by atoms with E-state index in [0.717, 1.165) is 16.8 Å². The number of carbonyl (C=O) groups is 2. The second kappa shape index (κ2) is 8.50. The predicted octanol–water partition coefficient (Wildman–Crippen LogP) is 3.36. The second-order valence-electron chi connectivity index (χ2n) is 5.66. The molecule has 4 nitrogen and oxygen atoms in total. The molecule has 0 spiro atoms. The van der Waals surface area contributed by atoms with E-state index < -0.39 is 0 Å². The number of nitrogens with one attached hydrogen (secondary N) is 1. The molecule has 1 N–H and O–H groups in total. The van der Waals surface area contributed by atoms with E-state index in [2.05, 4.69) is 5.32 Å². The van der Waals surface area contributed by atoms with Crippen LogP contribution < -0.4 is 10.2 Å². The highest BCUT2D eigenvalue weighted by Gasteiger charge is 2.12. The number of amides is 2. The predicted molar refractivity (Wildman–Crippen MR) is 97.4 cm³/mol. The van der Waals surface area contributed by atoms with Crippen molar-refractivity contribution < 1.29 is 9.59 Å². The Kier molecular flexibility index (Phi) is 6.38. The van der Waals surface area contributed by atoms with Crippen molar-refractivity contribution >= 4 is 29.1 Å². The van der Waals surface area contributed by atoms with Crippen molar-refractivity contribution in [2.24, 2.45) is 0 Å². The zero-order valence-electron chi connectivity index (χ0n) is 13.9. The number of benzene rings is 2. The van der Waals surface area contributed by atoms with Crippen molar-refractivity contribution in [3.8, 4) is 0 Å². The highest BCUT2D eigenvalue weighted by Crippen LogP contribution is 2.17. The van der Waals surface area contributed by atoms with Crippen LogP contribution in [-0.2, 0) is 16.0 Å². The van der Waals surface area contributed by atoms with Crippen molar-refractivity contribution in [3.63, 3.8) is 0 Å². The van der Waals surface area contributed by atoms with Gasteiger partial charge in [-0.3, -0.25) is 9.59 Å². The molecule has 2 aromatic rings. The number of hydrogen-bond donors (Lipinski definition) is 1. The number of nitrogens with zero attached hydrogens (tertiary/aromatic N) is 1. The van der Waals surface area contributed by atoms with Gasteiger partial charge in [-0.1, -0.05) is 41.4 Å². The lowest BCUT2D eigenvalue weighted by atomic mass is 10.1. The third kappa shape index (κ3) is 5.39. The van der Waals surface area contributed by atoms with E-state index in [0.29, 0.717) is 24.5 Å². The van der Waals surface area contributed by atoms with Crippen molar-refractivity contribution in [2.45, 2.75) is 20.3 Å². The Morgan fingerprint density at radius 3 is 2.46 bits per heavy atom. The molecule has 0 unspecified atom stereocenters. The molecule has 2 amide bonds. The first kappa shape index (κ1) is 18.0. The van der Waals surface area contributed by atoms with Gasteiger partial charge in [0, 0.05) is 30.7 Å². The van der Waals surface area contributed by atoms with Crippen LogP contribution in [0.1, 0.15) is 18.1 Å². The van der Waals surface area contributed by atoms with Crippen LogP contribution in [-0.4, -0.2) is 24.9 Å². The molecule has 2 rings (SSSR count). The van der Waals surface area contributed by atoms with Gasteiger partial charge in [0.1, 0.15) is 0 Å². The fourth-order valence-electron chi connectivity index (χ4n) is 2.47. The van der Waals surface area contributed by atoms with Crippen LogP contribution in [0, 0.1) is 6.92 Å². The molecule has 126 valence electrons. The average molecular weight is 345 g/mol. The molecule has 2 aromatic carbocycles. The Bertz CT molecular complexity index is 714. The van der Waals surface area contributed by atoms with Crippen LogP contribution in [0.15, 0.2) is 48.5 Å². The molecule has 0 fully saturated rings. The van der Waals surface area contributed by atoms with Crippen LogP contribution in [0.3, 0.4) is 0 Å². The van der Waals surface area contributed by atoms with Crippen molar-refractivity contribution in [2.75, 3.05) is 18.0 Å². The number of rotatable bonds is 6. The van der Waals surface area contributed by atoms with E-state index in [1.54, 1.807) is 29.2 Å². The van der Waals surface area contributed by atoms with E-state index in [1.165, 1.54) is 6.92 Å². The Hall–Kier alpha value is -2.33. The fraction of sp³-hybridized carbons (Fsp3) is 0.263. The Morgan fingerprint density at radius 2 is 1.83 bits per heavy atom. The highest BCUT2D eigenvalue weighted by atomic mass is 35.5. The molecule has 0 saturated heterocycles. The summed E-state index contributed by atoms with van der Waals surface area (Å²) in [4.78, 5) is 25.5. The first-order valence-corrected chi connectivity index (χ1v) is 8.19. The van der Waals surface area contributed by atoms with Gasteiger partial charge in [-0.2, -0.15) is 0 Å². The highest BCUT2D eigenvalue weighted by molar-refractivity contribution is 6.30. The topological polar surface area (TPSA) is 49.4 Å². The SMILES string of the molecule is CC(=O)N(CCNC(=O)Cc1cccc(C)c1)c1ccc(Cl)cc1. The lowest BCUT2D eigenvalue weighted by molar-refractivity contribution is -0.121. The largest absolute Gasteiger partial charge is 0.354 e. The molecule has 24 heavy (non-hydrogen) atoms. The number of hydrogen-bond acceptors (Lipinski definition) is 2. The van der Waals surface area contributed by atoms with Gasteiger partial charge in [0.15, 0.2) is 0 Å². The molecule has 0 aliphatic carbocycles. The molecule has 0 bridgehead atoms. The maximum atomic E-state index is 12.0. The van der Waals surface area contributed by atoms with Crippen LogP contribution in [0.2, 0.25) is 5.02 Å². The summed E-state index contributed by atoms with van der Waals surface area (Å²) in [5.74, 6) is -0.134. The maximum absolute atomic E-state index is 12.0. The van der Waals surface area contributed by atoms with Crippen LogP contribution >= 0.6 is 11.6 Å². The quantitative estimate of drug-likeness (QED) is 0.873. The molecular weight excluding hydrogens is 324 g/mol. The average Bonchev–Trinajstić information content (AvgIpc) is 2.52. The lowest BCUT2D eigenvalue weighted by Crippen LogP contribution is -2.38. The molecule has 0 radical (unpaired) electrons. The van der Waals surface area contributed by atoms with Crippen molar-refractivity contribution in [1.29, 1.82) is 0 Å². The van der Waals surface area contributed by atoms with Crippen LogP contribution in [0.4, 0.5) is 5.69 Å². The van der Waals surface area contributed by atoms with Gasteiger partial charge < -0.3 is 10.2 Å². The molecule has 0 aliphatic heterocycles. The van der Waals surface area contributed by atoms with E-state index in [9.17, 15) is 9.59 Å². The summed E-state index contributed by atoms with van der Waals surface area (Å²) in [5, 5.41) is 3.48. The Morgan fingerprint density at radius 1 is 1.12 bits per heavy atom.